The average molecular weight is 377 g/mol. The number of aromatic nitrogens is 2. The molecule has 4 nitrogen and oxygen atoms in total. The number of rotatable bonds is 6. The Morgan fingerprint density at radius 1 is 1.21 bits per heavy atom. The number of benzene rings is 1. The van der Waals surface area contributed by atoms with E-state index in [0.717, 1.165) is 23.1 Å². The molecule has 10 heteroatoms. The molecule has 0 aliphatic rings. The third-order valence-corrected chi connectivity index (χ3v) is 4.78. The molecular weight excluding hydrogens is 366 g/mol. The Morgan fingerprint density at radius 2 is 1.88 bits per heavy atom. The topological polar surface area (TPSA) is 46.1 Å². The fraction of sp³-hybridized carbons (Fsp3) is 0.214. The molecule has 2 rings (SSSR count). The Hall–Kier alpha value is -1.94. The molecule has 0 saturated carbocycles. The zero-order chi connectivity index (χ0) is 17.7. The average Bonchev–Trinajstić information content (AvgIpc) is 2.97. The normalized spacial score (nSPS) is 10.5. The fourth-order valence-corrected chi connectivity index (χ4v) is 3.60. The molecular formula is C14H11F4N3OS2. The van der Waals surface area contributed by atoms with Crippen molar-refractivity contribution in [1.29, 1.82) is 0 Å². The first kappa shape index (κ1) is 18.4. The van der Waals surface area contributed by atoms with Crippen LogP contribution >= 0.6 is 23.1 Å². The maximum atomic E-state index is 13.0. The van der Waals surface area contributed by atoms with Crippen LogP contribution in [0.15, 0.2) is 40.5 Å². The molecule has 0 unspecified atom stereocenters. The molecule has 0 bridgehead atoms. The number of amides is 1. The van der Waals surface area contributed by atoms with E-state index in [1.165, 1.54) is 36.1 Å². The third-order valence-electron chi connectivity index (χ3n) is 2.74. The Kier molecular flexibility index (Phi) is 6.32. The lowest BCUT2D eigenvalue weighted by Crippen LogP contribution is -2.22. The van der Waals surface area contributed by atoms with Gasteiger partial charge in [-0.1, -0.05) is 23.1 Å². The lowest BCUT2D eigenvalue weighted by atomic mass is 10.3. The summed E-state index contributed by atoms with van der Waals surface area (Å²) < 4.78 is 50.1. The van der Waals surface area contributed by atoms with E-state index < -0.39 is 24.1 Å². The number of hydrogen-bond donors (Lipinski definition) is 0. The van der Waals surface area contributed by atoms with E-state index in [4.69, 9.17) is 0 Å². The molecule has 2 aromatic rings. The Labute approximate surface area is 143 Å². The van der Waals surface area contributed by atoms with Crippen molar-refractivity contribution in [1.82, 2.24) is 10.2 Å². The van der Waals surface area contributed by atoms with Crippen LogP contribution in [0.25, 0.3) is 0 Å². The van der Waals surface area contributed by atoms with Crippen LogP contribution in [-0.2, 0) is 4.79 Å². The number of nitrogens with zero attached hydrogens (tertiary/aromatic N) is 3. The summed E-state index contributed by atoms with van der Waals surface area (Å²) in [6.07, 6.45) is -2.75. The summed E-state index contributed by atoms with van der Waals surface area (Å²) in [7, 11) is 0. The number of thioether (sulfide) groups is 1. The van der Waals surface area contributed by atoms with Crippen molar-refractivity contribution in [3.05, 3.63) is 42.0 Å². The van der Waals surface area contributed by atoms with Crippen molar-refractivity contribution in [3.63, 3.8) is 0 Å². The van der Waals surface area contributed by atoms with Gasteiger partial charge in [0.2, 0.25) is 11.0 Å². The van der Waals surface area contributed by atoms with Gasteiger partial charge in [-0.05, 0) is 24.3 Å². The quantitative estimate of drug-likeness (QED) is 0.407. The van der Waals surface area contributed by atoms with E-state index in [0.29, 0.717) is 10.0 Å². The van der Waals surface area contributed by atoms with E-state index in [-0.39, 0.29) is 16.8 Å². The standard InChI is InChI=1S/C14H11F4N3OS2/c1-8(22)21(10-4-2-9(15)3-5-10)13-19-20-14(24-13)23-7-6-11(16)12(17)18/h2-5H,6-7H2,1H3. The van der Waals surface area contributed by atoms with Crippen LogP contribution in [0.2, 0.25) is 0 Å². The highest BCUT2D eigenvalue weighted by molar-refractivity contribution is 8.01. The molecule has 0 aliphatic heterocycles. The van der Waals surface area contributed by atoms with Gasteiger partial charge in [0.15, 0.2) is 10.2 Å². The first-order valence-corrected chi connectivity index (χ1v) is 8.41. The minimum absolute atomic E-state index is 0.0639. The van der Waals surface area contributed by atoms with Crippen LogP contribution in [0, 0.1) is 5.82 Å². The minimum atomic E-state index is -2.33. The highest BCUT2D eigenvalue weighted by atomic mass is 32.2. The molecule has 0 spiro atoms. The molecule has 1 heterocycles. The number of halogens is 4. The largest absolute Gasteiger partial charge is 0.301 e. The summed E-state index contributed by atoms with van der Waals surface area (Å²) in [5, 5.41) is 7.97. The number of allylic oxidation sites excluding steroid dienone is 1. The van der Waals surface area contributed by atoms with Gasteiger partial charge in [0.1, 0.15) is 5.82 Å². The van der Waals surface area contributed by atoms with Crippen LogP contribution in [0.1, 0.15) is 13.3 Å². The van der Waals surface area contributed by atoms with Crippen molar-refractivity contribution in [2.75, 3.05) is 10.7 Å². The summed E-state index contributed by atoms with van der Waals surface area (Å²) in [6.45, 7) is 1.32. The molecule has 128 valence electrons. The second-order valence-corrected chi connectivity index (χ2v) is 6.74. The monoisotopic (exact) mass is 377 g/mol. The summed E-state index contributed by atoms with van der Waals surface area (Å²) in [4.78, 5) is 13.1. The number of carbonyl (C=O) groups is 1. The van der Waals surface area contributed by atoms with Crippen molar-refractivity contribution in [3.8, 4) is 0 Å². The minimum Gasteiger partial charge on any atom is -0.274 e. The van der Waals surface area contributed by atoms with Gasteiger partial charge in [-0.15, -0.1) is 10.2 Å². The van der Waals surface area contributed by atoms with Crippen LogP contribution in [-0.4, -0.2) is 21.9 Å². The second-order valence-electron chi connectivity index (χ2n) is 4.45. The molecule has 0 aliphatic carbocycles. The lowest BCUT2D eigenvalue weighted by molar-refractivity contribution is -0.115. The van der Waals surface area contributed by atoms with E-state index in [1.54, 1.807) is 0 Å². The molecule has 0 saturated heterocycles. The van der Waals surface area contributed by atoms with Gasteiger partial charge in [0.05, 0.1) is 5.69 Å². The first-order valence-electron chi connectivity index (χ1n) is 6.60. The van der Waals surface area contributed by atoms with Crippen molar-refractivity contribution >= 4 is 39.8 Å². The summed E-state index contributed by atoms with van der Waals surface area (Å²) in [5.41, 5.74) is 0.421. The van der Waals surface area contributed by atoms with Gasteiger partial charge in [-0.3, -0.25) is 9.69 Å². The highest BCUT2D eigenvalue weighted by Gasteiger charge is 2.19. The molecule has 0 N–H and O–H groups in total. The summed E-state index contributed by atoms with van der Waals surface area (Å²) in [6, 6.07) is 5.27. The Bertz CT molecular complexity index is 745. The van der Waals surface area contributed by atoms with E-state index in [9.17, 15) is 22.4 Å². The molecule has 0 fully saturated rings. The second kappa shape index (κ2) is 8.25. The van der Waals surface area contributed by atoms with Crippen LogP contribution in [0.3, 0.4) is 0 Å². The summed E-state index contributed by atoms with van der Waals surface area (Å²) >= 11 is 2.11. The number of hydrogen-bond acceptors (Lipinski definition) is 5. The molecule has 24 heavy (non-hydrogen) atoms. The maximum Gasteiger partial charge on any atom is 0.301 e. The SMILES string of the molecule is CC(=O)N(c1ccc(F)cc1)c1nnc(SCCC(F)=C(F)F)s1. The van der Waals surface area contributed by atoms with Crippen LogP contribution in [0.4, 0.5) is 28.4 Å². The van der Waals surface area contributed by atoms with Crippen molar-refractivity contribution in [2.24, 2.45) is 0 Å². The maximum absolute atomic E-state index is 13.0. The highest BCUT2D eigenvalue weighted by Crippen LogP contribution is 2.33. The Morgan fingerprint density at radius 3 is 2.46 bits per heavy atom. The predicted molar refractivity (Wildman–Crippen MR) is 84.8 cm³/mol. The van der Waals surface area contributed by atoms with E-state index >= 15 is 0 Å². The van der Waals surface area contributed by atoms with Gasteiger partial charge in [0.25, 0.3) is 0 Å². The van der Waals surface area contributed by atoms with Crippen molar-refractivity contribution in [2.45, 2.75) is 17.7 Å². The first-order chi connectivity index (χ1) is 11.4. The fourth-order valence-electron chi connectivity index (χ4n) is 1.69. The van der Waals surface area contributed by atoms with E-state index in [2.05, 4.69) is 10.2 Å². The van der Waals surface area contributed by atoms with Crippen molar-refractivity contribution < 1.29 is 22.4 Å². The zero-order valence-corrected chi connectivity index (χ0v) is 13.9. The van der Waals surface area contributed by atoms with Gasteiger partial charge in [-0.25, -0.2) is 8.78 Å². The lowest BCUT2D eigenvalue weighted by Gasteiger charge is -2.16. The van der Waals surface area contributed by atoms with Crippen LogP contribution < -0.4 is 4.90 Å². The zero-order valence-electron chi connectivity index (χ0n) is 12.3. The molecule has 1 aromatic heterocycles. The third kappa shape index (κ3) is 4.78. The van der Waals surface area contributed by atoms with Gasteiger partial charge >= 0.3 is 6.08 Å². The predicted octanol–water partition coefficient (Wildman–Crippen LogP) is 4.92. The van der Waals surface area contributed by atoms with Crippen LogP contribution in [0.5, 0.6) is 0 Å². The molecule has 1 amide bonds. The number of anilines is 2. The number of carbonyl (C=O) groups excluding carboxylic acids is 1. The molecule has 0 radical (unpaired) electrons. The van der Waals surface area contributed by atoms with Gasteiger partial charge in [-0.2, -0.15) is 8.78 Å². The van der Waals surface area contributed by atoms with E-state index in [1.807, 2.05) is 0 Å². The molecule has 0 atom stereocenters. The molecule has 1 aromatic carbocycles. The smallest absolute Gasteiger partial charge is 0.274 e. The summed E-state index contributed by atoms with van der Waals surface area (Å²) in [5.74, 6) is -2.17. The Balaban J connectivity index is 2.10. The van der Waals surface area contributed by atoms with Gasteiger partial charge < -0.3 is 0 Å². The van der Waals surface area contributed by atoms with Gasteiger partial charge in [0, 0.05) is 19.1 Å².